The number of alkyl carbamates (subject to hydrolysis) is 1. The van der Waals surface area contributed by atoms with Gasteiger partial charge in [0.2, 0.25) is 0 Å². The summed E-state index contributed by atoms with van der Waals surface area (Å²) >= 11 is 0. The molecule has 1 atom stereocenters. The average molecular weight is 239 g/mol. The SMILES string of the molecule is COC(=O)NC(Cn1cccn1)C(=O)C(C)C. The van der Waals surface area contributed by atoms with E-state index < -0.39 is 12.1 Å². The van der Waals surface area contributed by atoms with Crippen molar-refractivity contribution in [1.82, 2.24) is 15.1 Å². The van der Waals surface area contributed by atoms with Crippen LogP contribution in [-0.4, -0.2) is 34.8 Å². The van der Waals surface area contributed by atoms with Crippen LogP contribution in [-0.2, 0) is 16.1 Å². The molecule has 1 unspecified atom stereocenters. The number of carbonyl (C=O) groups excluding carboxylic acids is 2. The van der Waals surface area contributed by atoms with Gasteiger partial charge in [-0.1, -0.05) is 13.8 Å². The molecule has 1 heterocycles. The van der Waals surface area contributed by atoms with Gasteiger partial charge in [-0.3, -0.25) is 9.48 Å². The highest BCUT2D eigenvalue weighted by Gasteiger charge is 2.23. The van der Waals surface area contributed by atoms with Crippen LogP contribution in [0.2, 0.25) is 0 Å². The van der Waals surface area contributed by atoms with Gasteiger partial charge >= 0.3 is 6.09 Å². The van der Waals surface area contributed by atoms with E-state index in [-0.39, 0.29) is 11.7 Å². The number of ether oxygens (including phenoxy) is 1. The fourth-order valence-electron chi connectivity index (χ4n) is 1.41. The van der Waals surface area contributed by atoms with Gasteiger partial charge in [-0.25, -0.2) is 4.79 Å². The number of aromatic nitrogens is 2. The molecule has 6 heteroatoms. The Labute approximate surface area is 99.9 Å². The van der Waals surface area contributed by atoms with E-state index in [4.69, 9.17) is 0 Å². The van der Waals surface area contributed by atoms with Crippen LogP contribution in [0.25, 0.3) is 0 Å². The summed E-state index contributed by atoms with van der Waals surface area (Å²) in [5.74, 6) is -0.210. The molecule has 0 bridgehead atoms. The van der Waals surface area contributed by atoms with Crippen molar-refractivity contribution < 1.29 is 14.3 Å². The minimum Gasteiger partial charge on any atom is -0.453 e. The number of rotatable bonds is 5. The Balaban J connectivity index is 2.71. The zero-order valence-electron chi connectivity index (χ0n) is 10.2. The van der Waals surface area contributed by atoms with Gasteiger partial charge in [-0.2, -0.15) is 5.10 Å². The van der Waals surface area contributed by atoms with Crippen LogP contribution in [0.4, 0.5) is 4.79 Å². The van der Waals surface area contributed by atoms with E-state index in [0.717, 1.165) is 0 Å². The molecular formula is C11H17N3O3. The molecule has 0 aliphatic heterocycles. The Kier molecular flexibility index (Phi) is 4.68. The summed E-state index contributed by atoms with van der Waals surface area (Å²) in [5, 5.41) is 6.52. The van der Waals surface area contributed by atoms with Crippen LogP contribution in [0, 0.1) is 5.92 Å². The average Bonchev–Trinajstić information content (AvgIpc) is 2.79. The lowest BCUT2D eigenvalue weighted by Crippen LogP contribution is -2.45. The second kappa shape index (κ2) is 6.03. The highest BCUT2D eigenvalue weighted by Crippen LogP contribution is 2.03. The first-order valence-corrected chi connectivity index (χ1v) is 5.40. The lowest BCUT2D eigenvalue weighted by Gasteiger charge is -2.18. The summed E-state index contributed by atoms with van der Waals surface area (Å²) in [6.45, 7) is 3.88. The first-order chi connectivity index (χ1) is 8.04. The maximum absolute atomic E-state index is 11.9. The third kappa shape index (κ3) is 3.90. The van der Waals surface area contributed by atoms with E-state index in [1.165, 1.54) is 7.11 Å². The molecule has 6 nitrogen and oxygen atoms in total. The predicted octanol–water partition coefficient (Wildman–Crippen LogP) is 0.833. The van der Waals surface area contributed by atoms with E-state index in [2.05, 4.69) is 15.2 Å². The van der Waals surface area contributed by atoms with Crippen LogP contribution >= 0.6 is 0 Å². The lowest BCUT2D eigenvalue weighted by atomic mass is 10.0. The Morgan fingerprint density at radius 1 is 1.47 bits per heavy atom. The smallest absolute Gasteiger partial charge is 0.407 e. The number of hydrogen-bond donors (Lipinski definition) is 1. The van der Waals surface area contributed by atoms with Crippen molar-refractivity contribution >= 4 is 11.9 Å². The fourth-order valence-corrected chi connectivity index (χ4v) is 1.41. The van der Waals surface area contributed by atoms with Gasteiger partial charge in [-0.15, -0.1) is 0 Å². The van der Waals surface area contributed by atoms with E-state index in [1.54, 1.807) is 37.0 Å². The zero-order valence-corrected chi connectivity index (χ0v) is 10.2. The number of hydrogen-bond acceptors (Lipinski definition) is 4. The second-order valence-corrected chi connectivity index (χ2v) is 3.97. The molecular weight excluding hydrogens is 222 g/mol. The van der Waals surface area contributed by atoms with E-state index in [1.807, 2.05) is 0 Å². The van der Waals surface area contributed by atoms with E-state index in [9.17, 15) is 9.59 Å². The molecule has 0 saturated carbocycles. The highest BCUT2D eigenvalue weighted by molar-refractivity contribution is 5.88. The molecule has 0 aliphatic carbocycles. The summed E-state index contributed by atoms with van der Waals surface area (Å²) in [5.41, 5.74) is 0. The van der Waals surface area contributed by atoms with Crippen LogP contribution < -0.4 is 5.32 Å². The van der Waals surface area contributed by atoms with E-state index >= 15 is 0 Å². The molecule has 1 amide bonds. The topological polar surface area (TPSA) is 73.2 Å². The number of nitrogens with zero attached hydrogens (tertiary/aromatic N) is 2. The summed E-state index contributed by atoms with van der Waals surface area (Å²) in [7, 11) is 1.26. The Morgan fingerprint density at radius 2 is 2.18 bits per heavy atom. The summed E-state index contributed by atoms with van der Waals surface area (Å²) in [6.07, 6.45) is 2.74. The van der Waals surface area contributed by atoms with Crippen molar-refractivity contribution in [3.05, 3.63) is 18.5 Å². The van der Waals surface area contributed by atoms with Gasteiger partial charge in [0.1, 0.15) is 6.04 Å². The Hall–Kier alpha value is -1.85. The number of carbonyl (C=O) groups is 2. The van der Waals surface area contributed by atoms with Crippen molar-refractivity contribution in [2.45, 2.75) is 26.4 Å². The van der Waals surface area contributed by atoms with Gasteiger partial charge < -0.3 is 10.1 Å². The number of Topliss-reactive ketones (excluding diaryl/α,β-unsaturated/α-hetero) is 1. The quantitative estimate of drug-likeness (QED) is 0.826. The molecule has 0 radical (unpaired) electrons. The zero-order chi connectivity index (χ0) is 12.8. The van der Waals surface area contributed by atoms with Gasteiger partial charge in [0.15, 0.2) is 5.78 Å². The van der Waals surface area contributed by atoms with Crippen molar-refractivity contribution in [3.8, 4) is 0 Å². The lowest BCUT2D eigenvalue weighted by molar-refractivity contribution is -0.124. The molecule has 1 aromatic heterocycles. The first kappa shape index (κ1) is 13.2. The maximum atomic E-state index is 11.9. The van der Waals surface area contributed by atoms with Gasteiger partial charge in [0, 0.05) is 18.3 Å². The maximum Gasteiger partial charge on any atom is 0.407 e. The predicted molar refractivity (Wildman–Crippen MR) is 61.4 cm³/mol. The number of nitrogens with one attached hydrogen (secondary N) is 1. The van der Waals surface area contributed by atoms with Crippen LogP contribution in [0.5, 0.6) is 0 Å². The van der Waals surface area contributed by atoms with Gasteiger partial charge in [-0.05, 0) is 6.07 Å². The third-order valence-electron chi connectivity index (χ3n) is 2.32. The monoisotopic (exact) mass is 239 g/mol. The molecule has 1 N–H and O–H groups in total. The van der Waals surface area contributed by atoms with Crippen LogP contribution in [0.15, 0.2) is 18.5 Å². The van der Waals surface area contributed by atoms with Gasteiger partial charge in [0.25, 0.3) is 0 Å². The number of amides is 1. The standard InChI is InChI=1S/C11H17N3O3/c1-8(2)10(15)9(13-11(16)17-3)7-14-6-4-5-12-14/h4-6,8-9H,7H2,1-3H3,(H,13,16). The summed E-state index contributed by atoms with van der Waals surface area (Å²) < 4.78 is 6.10. The largest absolute Gasteiger partial charge is 0.453 e. The Morgan fingerprint density at radius 3 is 2.65 bits per heavy atom. The van der Waals surface area contributed by atoms with Crippen molar-refractivity contribution in [3.63, 3.8) is 0 Å². The number of methoxy groups -OCH3 is 1. The second-order valence-electron chi connectivity index (χ2n) is 3.97. The minimum atomic E-state index is -0.623. The molecule has 1 rings (SSSR count). The fraction of sp³-hybridized carbons (Fsp3) is 0.545. The first-order valence-electron chi connectivity index (χ1n) is 5.40. The molecule has 1 aromatic rings. The molecule has 17 heavy (non-hydrogen) atoms. The minimum absolute atomic E-state index is 0.0501. The third-order valence-corrected chi connectivity index (χ3v) is 2.32. The van der Waals surface area contributed by atoms with Crippen LogP contribution in [0.3, 0.4) is 0 Å². The number of ketones is 1. The van der Waals surface area contributed by atoms with Crippen molar-refractivity contribution in [2.75, 3.05) is 7.11 Å². The molecule has 0 saturated heterocycles. The highest BCUT2D eigenvalue weighted by atomic mass is 16.5. The molecule has 0 aromatic carbocycles. The van der Waals surface area contributed by atoms with Crippen molar-refractivity contribution in [2.24, 2.45) is 5.92 Å². The van der Waals surface area contributed by atoms with E-state index in [0.29, 0.717) is 6.54 Å². The van der Waals surface area contributed by atoms with Gasteiger partial charge in [0.05, 0.1) is 13.7 Å². The molecule has 0 fully saturated rings. The van der Waals surface area contributed by atoms with Crippen molar-refractivity contribution in [1.29, 1.82) is 0 Å². The normalized spacial score (nSPS) is 12.2. The molecule has 94 valence electrons. The Bertz CT molecular complexity index is 373. The molecule has 0 aliphatic rings. The summed E-state index contributed by atoms with van der Waals surface area (Å²) in [6, 6.07) is 1.14. The molecule has 0 spiro atoms. The van der Waals surface area contributed by atoms with Crippen LogP contribution in [0.1, 0.15) is 13.8 Å². The summed E-state index contributed by atoms with van der Waals surface area (Å²) in [4.78, 5) is 23.1.